The first-order valence-electron chi connectivity index (χ1n) is 12.5. The van der Waals surface area contributed by atoms with Crippen molar-refractivity contribution >= 4 is 17.7 Å². The van der Waals surface area contributed by atoms with Crippen LogP contribution >= 0.6 is 0 Å². The Morgan fingerprint density at radius 2 is 1.71 bits per heavy atom. The number of nitrogens with one attached hydrogen (secondary N) is 1. The lowest BCUT2D eigenvalue weighted by Gasteiger charge is -2.38. The van der Waals surface area contributed by atoms with Gasteiger partial charge in [-0.3, -0.25) is 9.59 Å². The monoisotopic (exact) mass is 481 g/mol. The molecule has 0 amide bonds. The van der Waals surface area contributed by atoms with Gasteiger partial charge in [0.25, 0.3) is 0 Å². The lowest BCUT2D eigenvalue weighted by Crippen LogP contribution is -2.43. The molecule has 2 aliphatic carbocycles. The third kappa shape index (κ3) is 4.86. The fraction of sp³-hybridized carbons (Fsp3) is 0.536. The second-order valence-electron chi connectivity index (χ2n) is 9.80. The SMILES string of the molecule is COC(=O)[C@@H]1C(=O)C2=C(C[C@H]1C)NC(C)=C(C(=O)OC1CCCCCC1)[C@@H]2c1ccccc1OC. The lowest BCUT2D eigenvalue weighted by atomic mass is 9.69. The molecule has 0 saturated heterocycles. The van der Waals surface area contributed by atoms with E-state index >= 15 is 0 Å². The number of carbonyl (C=O) groups excluding carboxylic acids is 3. The summed E-state index contributed by atoms with van der Waals surface area (Å²) in [5.41, 5.74) is 2.91. The minimum atomic E-state index is -0.921. The number of para-hydroxylation sites is 1. The second-order valence-corrected chi connectivity index (χ2v) is 9.80. The lowest BCUT2D eigenvalue weighted by molar-refractivity contribution is -0.151. The summed E-state index contributed by atoms with van der Waals surface area (Å²) in [7, 11) is 2.86. The van der Waals surface area contributed by atoms with E-state index in [9.17, 15) is 14.4 Å². The Hall–Kier alpha value is -3.09. The fourth-order valence-corrected chi connectivity index (χ4v) is 5.74. The highest BCUT2D eigenvalue weighted by Crippen LogP contribution is 2.47. The number of dihydropyridines is 1. The van der Waals surface area contributed by atoms with Crippen molar-refractivity contribution in [1.82, 2.24) is 5.32 Å². The molecular formula is C28H35NO6. The van der Waals surface area contributed by atoms with E-state index in [2.05, 4.69) is 5.32 Å². The van der Waals surface area contributed by atoms with Crippen molar-refractivity contribution in [3.63, 3.8) is 0 Å². The quantitative estimate of drug-likeness (QED) is 0.374. The van der Waals surface area contributed by atoms with Gasteiger partial charge in [0.15, 0.2) is 5.78 Å². The van der Waals surface area contributed by atoms with Crippen LogP contribution in [-0.4, -0.2) is 38.0 Å². The first kappa shape index (κ1) is 25.0. The maximum atomic E-state index is 13.8. The van der Waals surface area contributed by atoms with Crippen molar-refractivity contribution in [2.24, 2.45) is 11.8 Å². The van der Waals surface area contributed by atoms with Crippen LogP contribution in [0.2, 0.25) is 0 Å². The molecule has 0 radical (unpaired) electrons. The number of hydrogen-bond acceptors (Lipinski definition) is 7. The fourth-order valence-electron chi connectivity index (χ4n) is 5.74. The Kier molecular flexibility index (Phi) is 7.63. The molecule has 0 aromatic heterocycles. The van der Waals surface area contributed by atoms with Crippen molar-refractivity contribution in [1.29, 1.82) is 0 Å². The summed E-state index contributed by atoms with van der Waals surface area (Å²) in [6, 6.07) is 7.39. The predicted molar refractivity (Wildman–Crippen MR) is 130 cm³/mol. The minimum Gasteiger partial charge on any atom is -0.496 e. The van der Waals surface area contributed by atoms with Crippen molar-refractivity contribution in [2.45, 2.75) is 70.8 Å². The normalized spacial score (nSPS) is 25.4. The van der Waals surface area contributed by atoms with E-state index in [1.54, 1.807) is 7.11 Å². The summed E-state index contributed by atoms with van der Waals surface area (Å²) >= 11 is 0. The third-order valence-corrected chi connectivity index (χ3v) is 7.49. The van der Waals surface area contributed by atoms with Crippen LogP contribution in [0.25, 0.3) is 0 Å². The molecule has 1 heterocycles. The molecule has 7 heteroatoms. The van der Waals surface area contributed by atoms with Crippen LogP contribution in [-0.2, 0) is 23.9 Å². The van der Waals surface area contributed by atoms with Crippen LogP contribution in [0.15, 0.2) is 46.8 Å². The molecule has 1 saturated carbocycles. The maximum Gasteiger partial charge on any atom is 0.337 e. The molecule has 7 nitrogen and oxygen atoms in total. The number of carbonyl (C=O) groups is 3. The van der Waals surface area contributed by atoms with Crippen LogP contribution in [0.1, 0.15) is 70.3 Å². The zero-order valence-corrected chi connectivity index (χ0v) is 21.0. The Balaban J connectivity index is 1.80. The Labute approximate surface area is 206 Å². The average Bonchev–Trinajstić information content (AvgIpc) is 3.11. The van der Waals surface area contributed by atoms with E-state index in [-0.39, 0.29) is 17.8 Å². The van der Waals surface area contributed by atoms with Gasteiger partial charge in [0.05, 0.1) is 25.7 Å². The van der Waals surface area contributed by atoms with Gasteiger partial charge in [-0.1, -0.05) is 38.0 Å². The van der Waals surface area contributed by atoms with Gasteiger partial charge in [0.1, 0.15) is 17.8 Å². The highest BCUT2D eigenvalue weighted by molar-refractivity contribution is 6.12. The van der Waals surface area contributed by atoms with Gasteiger partial charge in [-0.25, -0.2) is 4.79 Å². The standard InChI is InChI=1S/C28H35NO6/c1-16-15-20-25(26(30)22(16)27(31)34-4)24(19-13-9-10-14-21(19)33-3)23(17(2)29-20)28(32)35-18-11-7-5-6-8-12-18/h9-10,13-14,16,18,22,24,29H,5-8,11-12,15H2,1-4H3/t16-,22+,24+/m1/s1. The molecule has 3 atom stereocenters. The third-order valence-electron chi connectivity index (χ3n) is 7.49. The number of Topliss-reactive ketones (excluding diaryl/α,β-unsaturated/α-hetero) is 1. The predicted octanol–water partition coefficient (Wildman–Crippen LogP) is 4.57. The van der Waals surface area contributed by atoms with Crippen molar-refractivity contribution < 1.29 is 28.6 Å². The Bertz CT molecular complexity index is 1060. The number of hydrogen-bond donors (Lipinski definition) is 1. The van der Waals surface area contributed by atoms with Crippen LogP contribution in [0.3, 0.4) is 0 Å². The molecule has 1 N–H and O–H groups in total. The number of methoxy groups -OCH3 is 2. The molecule has 0 unspecified atom stereocenters. The van der Waals surface area contributed by atoms with Gasteiger partial charge in [-0.05, 0) is 51.0 Å². The summed E-state index contributed by atoms with van der Waals surface area (Å²) in [4.78, 5) is 40.1. The largest absolute Gasteiger partial charge is 0.496 e. The molecule has 1 fully saturated rings. The van der Waals surface area contributed by atoms with Crippen LogP contribution in [0.5, 0.6) is 5.75 Å². The van der Waals surface area contributed by atoms with Crippen LogP contribution in [0, 0.1) is 11.8 Å². The molecule has 0 bridgehead atoms. The molecule has 1 aromatic rings. The van der Waals surface area contributed by atoms with Crippen LogP contribution in [0.4, 0.5) is 0 Å². The van der Waals surface area contributed by atoms with Gasteiger partial charge in [-0.15, -0.1) is 0 Å². The summed E-state index contributed by atoms with van der Waals surface area (Å²) in [6.07, 6.45) is 6.43. The Morgan fingerprint density at radius 1 is 1.03 bits per heavy atom. The van der Waals surface area contributed by atoms with Crippen molar-refractivity contribution in [2.75, 3.05) is 14.2 Å². The molecule has 188 valence electrons. The molecule has 4 rings (SSSR count). The zero-order chi connectivity index (χ0) is 25.1. The first-order chi connectivity index (χ1) is 16.9. The molecule has 35 heavy (non-hydrogen) atoms. The number of esters is 2. The number of rotatable bonds is 5. The van der Waals surface area contributed by atoms with Gasteiger partial charge in [-0.2, -0.15) is 0 Å². The van der Waals surface area contributed by atoms with E-state index in [1.165, 1.54) is 7.11 Å². The molecule has 1 aromatic carbocycles. The van der Waals surface area contributed by atoms with Gasteiger partial charge < -0.3 is 19.5 Å². The number of allylic oxidation sites excluding steroid dienone is 3. The van der Waals surface area contributed by atoms with E-state index in [0.717, 1.165) is 44.2 Å². The minimum absolute atomic E-state index is 0.135. The van der Waals surface area contributed by atoms with E-state index in [0.29, 0.717) is 34.6 Å². The highest BCUT2D eigenvalue weighted by Gasteiger charge is 2.48. The van der Waals surface area contributed by atoms with E-state index in [4.69, 9.17) is 14.2 Å². The van der Waals surface area contributed by atoms with E-state index < -0.39 is 23.8 Å². The van der Waals surface area contributed by atoms with Gasteiger partial charge >= 0.3 is 11.9 Å². The molecular weight excluding hydrogens is 446 g/mol. The highest BCUT2D eigenvalue weighted by atomic mass is 16.5. The summed E-state index contributed by atoms with van der Waals surface area (Å²) in [6.45, 7) is 3.72. The smallest absolute Gasteiger partial charge is 0.337 e. The molecule has 3 aliphatic rings. The average molecular weight is 482 g/mol. The van der Waals surface area contributed by atoms with Crippen LogP contribution < -0.4 is 10.1 Å². The summed E-state index contributed by atoms with van der Waals surface area (Å²) < 4.78 is 16.6. The van der Waals surface area contributed by atoms with Crippen molar-refractivity contribution in [3.05, 3.63) is 52.4 Å². The Morgan fingerprint density at radius 3 is 2.37 bits per heavy atom. The van der Waals surface area contributed by atoms with Gasteiger partial charge in [0.2, 0.25) is 0 Å². The topological polar surface area (TPSA) is 90.9 Å². The molecule has 0 spiro atoms. The summed E-state index contributed by atoms with van der Waals surface area (Å²) in [5.74, 6) is -2.58. The summed E-state index contributed by atoms with van der Waals surface area (Å²) in [5, 5.41) is 3.32. The second kappa shape index (κ2) is 10.7. The number of ether oxygens (including phenoxy) is 3. The van der Waals surface area contributed by atoms with Gasteiger partial charge in [0, 0.05) is 22.5 Å². The zero-order valence-electron chi connectivity index (χ0n) is 21.0. The maximum absolute atomic E-state index is 13.8. The number of benzene rings is 1. The first-order valence-corrected chi connectivity index (χ1v) is 12.5. The number of ketones is 1. The van der Waals surface area contributed by atoms with Crippen molar-refractivity contribution in [3.8, 4) is 5.75 Å². The van der Waals surface area contributed by atoms with E-state index in [1.807, 2.05) is 38.1 Å². The molecule has 1 aliphatic heterocycles.